The van der Waals surface area contributed by atoms with Crippen molar-refractivity contribution in [2.45, 2.75) is 31.1 Å². The Hall–Kier alpha value is -0.750. The minimum Gasteiger partial charge on any atom is -0.480 e. The first-order valence-corrected chi connectivity index (χ1v) is 5.25. The Balaban J connectivity index is 2.51. The molecular formula is C8H13NO4S. The van der Waals surface area contributed by atoms with Crippen LogP contribution in [0, 0.1) is 0 Å². The lowest BCUT2D eigenvalue weighted by Crippen LogP contribution is -2.33. The lowest BCUT2D eigenvalue weighted by Gasteiger charge is -2.21. The number of hydrogen-bond donors (Lipinski definition) is 2. The highest BCUT2D eigenvalue weighted by Gasteiger charge is 2.33. The van der Waals surface area contributed by atoms with E-state index in [9.17, 15) is 9.59 Å². The molecule has 2 atom stereocenters. The van der Waals surface area contributed by atoms with E-state index >= 15 is 0 Å². The lowest BCUT2D eigenvalue weighted by atomic mass is 10.2. The molecule has 0 spiro atoms. The summed E-state index contributed by atoms with van der Waals surface area (Å²) in [5.74, 6) is -1.78. The largest absolute Gasteiger partial charge is 0.480 e. The van der Waals surface area contributed by atoms with Gasteiger partial charge < -0.3 is 10.2 Å². The van der Waals surface area contributed by atoms with Crippen LogP contribution in [0.25, 0.3) is 0 Å². The molecule has 1 aliphatic heterocycles. The van der Waals surface area contributed by atoms with Crippen LogP contribution in [-0.4, -0.2) is 44.3 Å². The van der Waals surface area contributed by atoms with E-state index in [1.165, 1.54) is 0 Å². The van der Waals surface area contributed by atoms with Crippen LogP contribution in [0.2, 0.25) is 0 Å². The van der Waals surface area contributed by atoms with Gasteiger partial charge in [0, 0.05) is 6.54 Å². The molecule has 1 aliphatic rings. The average molecular weight is 219 g/mol. The summed E-state index contributed by atoms with van der Waals surface area (Å²) in [6, 6.07) is -0.526. The molecular weight excluding hydrogens is 206 g/mol. The molecule has 2 N–H and O–H groups in total. The van der Waals surface area contributed by atoms with E-state index in [0.29, 0.717) is 13.0 Å². The molecule has 5 nitrogen and oxygen atoms in total. The highest BCUT2D eigenvalue weighted by Crippen LogP contribution is 2.28. The van der Waals surface area contributed by atoms with Crippen LogP contribution < -0.4 is 0 Å². The summed E-state index contributed by atoms with van der Waals surface area (Å²) in [5.41, 5.74) is 0. The zero-order chi connectivity index (χ0) is 10.7. The molecule has 0 aromatic heterocycles. The van der Waals surface area contributed by atoms with Crippen molar-refractivity contribution in [2.24, 2.45) is 0 Å². The summed E-state index contributed by atoms with van der Waals surface area (Å²) in [5, 5.41) is 16.9. The van der Waals surface area contributed by atoms with E-state index in [4.69, 9.17) is 10.2 Å². The van der Waals surface area contributed by atoms with Gasteiger partial charge in [-0.1, -0.05) is 11.9 Å². The van der Waals surface area contributed by atoms with Gasteiger partial charge in [0.15, 0.2) is 0 Å². The smallest absolute Gasteiger partial charge is 0.321 e. The summed E-state index contributed by atoms with van der Waals surface area (Å²) in [7, 11) is 0. The zero-order valence-corrected chi connectivity index (χ0v) is 8.66. The summed E-state index contributed by atoms with van der Waals surface area (Å²) < 4.78 is 1.65. The molecule has 1 fully saturated rings. The summed E-state index contributed by atoms with van der Waals surface area (Å²) in [4.78, 5) is 21.3. The molecule has 0 aromatic carbocycles. The van der Waals surface area contributed by atoms with Gasteiger partial charge in [0.2, 0.25) is 0 Å². The molecule has 80 valence electrons. The Kier molecular flexibility index (Phi) is 3.77. The number of carbonyl (C=O) groups is 2. The summed E-state index contributed by atoms with van der Waals surface area (Å²) in [6.07, 6.45) is 1.42. The first kappa shape index (κ1) is 11.3. The molecule has 0 amide bonds. The average Bonchev–Trinajstić information content (AvgIpc) is 2.52. The molecule has 1 rings (SSSR count). The van der Waals surface area contributed by atoms with Gasteiger partial charge in [-0.05, 0) is 19.8 Å². The molecule has 0 aromatic rings. The van der Waals surface area contributed by atoms with Gasteiger partial charge >= 0.3 is 11.9 Å². The van der Waals surface area contributed by atoms with Gasteiger partial charge in [0.05, 0.1) is 0 Å². The molecule has 1 heterocycles. The van der Waals surface area contributed by atoms with Crippen molar-refractivity contribution in [1.29, 1.82) is 0 Å². The van der Waals surface area contributed by atoms with E-state index in [1.807, 2.05) is 0 Å². The van der Waals surface area contributed by atoms with Crippen LogP contribution >= 0.6 is 11.9 Å². The van der Waals surface area contributed by atoms with Crippen LogP contribution in [-0.2, 0) is 9.59 Å². The van der Waals surface area contributed by atoms with Crippen molar-refractivity contribution in [1.82, 2.24) is 4.31 Å². The zero-order valence-electron chi connectivity index (χ0n) is 7.84. The standard InChI is InChI=1S/C8H13NO4S/c1-5(7(10)11)14-9-4-2-3-6(9)8(12)13/h5-6H,2-4H2,1H3,(H,10,11)(H,12,13). The van der Waals surface area contributed by atoms with Crippen molar-refractivity contribution in [3.63, 3.8) is 0 Å². The number of rotatable bonds is 4. The van der Waals surface area contributed by atoms with Gasteiger partial charge in [-0.3, -0.25) is 9.59 Å². The van der Waals surface area contributed by atoms with Gasteiger partial charge in [-0.2, -0.15) is 0 Å². The molecule has 0 radical (unpaired) electrons. The van der Waals surface area contributed by atoms with Gasteiger partial charge in [-0.15, -0.1) is 0 Å². The minimum atomic E-state index is -0.911. The predicted octanol–water partition coefficient (Wildman–Crippen LogP) is 0.657. The molecule has 14 heavy (non-hydrogen) atoms. The third kappa shape index (κ3) is 2.62. The van der Waals surface area contributed by atoms with Crippen LogP contribution in [0.5, 0.6) is 0 Å². The minimum absolute atomic E-state index is 0.526. The van der Waals surface area contributed by atoms with Crippen molar-refractivity contribution in [2.75, 3.05) is 6.54 Å². The number of aliphatic carboxylic acids is 2. The predicted molar refractivity (Wildman–Crippen MR) is 52.1 cm³/mol. The van der Waals surface area contributed by atoms with E-state index in [1.54, 1.807) is 11.2 Å². The maximum Gasteiger partial charge on any atom is 0.321 e. The normalized spacial score (nSPS) is 24.8. The Bertz CT molecular complexity index is 245. The third-order valence-electron chi connectivity index (χ3n) is 2.13. The Morgan fingerprint density at radius 2 is 2.14 bits per heavy atom. The molecule has 2 unspecified atom stereocenters. The maximum atomic E-state index is 10.8. The highest BCUT2D eigenvalue weighted by atomic mass is 32.2. The molecule has 0 bridgehead atoms. The number of carboxylic acid groups (broad SMARTS) is 2. The van der Waals surface area contributed by atoms with Crippen molar-refractivity contribution in [3.8, 4) is 0 Å². The molecule has 0 aliphatic carbocycles. The number of carboxylic acids is 2. The van der Waals surface area contributed by atoms with Gasteiger partial charge in [0.1, 0.15) is 11.3 Å². The highest BCUT2D eigenvalue weighted by molar-refractivity contribution is 7.98. The van der Waals surface area contributed by atoms with E-state index < -0.39 is 23.2 Å². The van der Waals surface area contributed by atoms with Crippen molar-refractivity contribution < 1.29 is 19.8 Å². The van der Waals surface area contributed by atoms with E-state index in [2.05, 4.69) is 0 Å². The first-order valence-electron chi connectivity index (χ1n) is 4.41. The fraction of sp³-hybridized carbons (Fsp3) is 0.750. The fourth-order valence-electron chi connectivity index (χ4n) is 1.36. The quantitative estimate of drug-likeness (QED) is 0.676. The van der Waals surface area contributed by atoms with Crippen LogP contribution in [0.4, 0.5) is 0 Å². The molecule has 1 saturated heterocycles. The first-order chi connectivity index (χ1) is 6.52. The molecule has 6 heteroatoms. The Morgan fingerprint density at radius 1 is 1.50 bits per heavy atom. The molecule has 0 saturated carbocycles. The summed E-state index contributed by atoms with van der Waals surface area (Å²) >= 11 is 1.10. The third-order valence-corrected chi connectivity index (χ3v) is 3.36. The van der Waals surface area contributed by atoms with Crippen LogP contribution in [0.3, 0.4) is 0 Å². The van der Waals surface area contributed by atoms with Crippen molar-refractivity contribution >= 4 is 23.9 Å². The van der Waals surface area contributed by atoms with E-state index in [-0.39, 0.29) is 0 Å². The number of nitrogens with zero attached hydrogens (tertiary/aromatic N) is 1. The second-order valence-corrected chi connectivity index (χ2v) is 4.61. The Labute approximate surface area is 86.2 Å². The second-order valence-electron chi connectivity index (χ2n) is 3.22. The number of hydrogen-bond acceptors (Lipinski definition) is 4. The monoisotopic (exact) mass is 219 g/mol. The lowest BCUT2D eigenvalue weighted by molar-refractivity contribution is -0.141. The van der Waals surface area contributed by atoms with Crippen LogP contribution in [0.1, 0.15) is 19.8 Å². The second kappa shape index (κ2) is 4.65. The van der Waals surface area contributed by atoms with Gasteiger partial charge in [0.25, 0.3) is 0 Å². The van der Waals surface area contributed by atoms with Gasteiger partial charge in [-0.25, -0.2) is 4.31 Å². The summed E-state index contributed by atoms with van der Waals surface area (Å²) in [6.45, 7) is 2.21. The maximum absolute atomic E-state index is 10.8. The Morgan fingerprint density at radius 3 is 2.64 bits per heavy atom. The SMILES string of the molecule is CC(SN1CCCC1C(=O)O)C(=O)O. The topological polar surface area (TPSA) is 77.8 Å². The van der Waals surface area contributed by atoms with Crippen molar-refractivity contribution in [3.05, 3.63) is 0 Å². The van der Waals surface area contributed by atoms with E-state index in [0.717, 1.165) is 18.4 Å². The van der Waals surface area contributed by atoms with Crippen LogP contribution in [0.15, 0.2) is 0 Å². The fourth-order valence-corrected chi connectivity index (χ4v) is 2.43.